The van der Waals surface area contributed by atoms with Crippen molar-refractivity contribution in [2.45, 2.75) is 65.3 Å². The van der Waals surface area contributed by atoms with Gasteiger partial charge in [-0.3, -0.25) is 9.59 Å². The number of aliphatic carboxylic acids is 1. The molecule has 0 aromatic carbocycles. The Kier molecular flexibility index (Phi) is 5.17. The van der Waals surface area contributed by atoms with Crippen molar-refractivity contribution in [3.8, 4) is 0 Å². The fourth-order valence-corrected chi connectivity index (χ4v) is 2.69. The summed E-state index contributed by atoms with van der Waals surface area (Å²) in [5.41, 5.74) is 0.255. The zero-order valence-electron chi connectivity index (χ0n) is 11.7. The molecular weight excluding hydrogens is 230 g/mol. The fraction of sp³-hybridized carbons (Fsp3) is 0.857. The molecule has 1 rings (SSSR count). The molecule has 0 spiro atoms. The smallest absolute Gasteiger partial charge is 0.303 e. The number of rotatable bonds is 5. The van der Waals surface area contributed by atoms with Crippen molar-refractivity contribution >= 4 is 11.9 Å². The highest BCUT2D eigenvalue weighted by Gasteiger charge is 2.32. The average Bonchev–Trinajstić information content (AvgIpc) is 2.25. The first-order valence-corrected chi connectivity index (χ1v) is 6.82. The summed E-state index contributed by atoms with van der Waals surface area (Å²) in [4.78, 5) is 22.5. The summed E-state index contributed by atoms with van der Waals surface area (Å²) in [6.07, 6.45) is 4.79. The molecule has 0 bridgehead atoms. The van der Waals surface area contributed by atoms with Gasteiger partial charge in [-0.2, -0.15) is 0 Å². The minimum absolute atomic E-state index is 0.0568. The van der Waals surface area contributed by atoms with Crippen LogP contribution < -0.4 is 5.32 Å². The third-order valence-corrected chi connectivity index (χ3v) is 3.76. The van der Waals surface area contributed by atoms with E-state index in [-0.39, 0.29) is 29.7 Å². The molecule has 1 aliphatic rings. The number of carboxylic acid groups (broad SMARTS) is 1. The van der Waals surface area contributed by atoms with E-state index in [1.54, 1.807) is 0 Å². The van der Waals surface area contributed by atoms with Crippen molar-refractivity contribution in [2.24, 2.45) is 11.3 Å². The number of carboxylic acids is 1. The van der Waals surface area contributed by atoms with Gasteiger partial charge in [-0.05, 0) is 38.0 Å². The molecule has 4 heteroatoms. The van der Waals surface area contributed by atoms with Crippen LogP contribution in [0, 0.1) is 11.3 Å². The van der Waals surface area contributed by atoms with E-state index in [4.69, 9.17) is 5.11 Å². The summed E-state index contributed by atoms with van der Waals surface area (Å²) in [5.74, 6) is -0.614. The largest absolute Gasteiger partial charge is 0.481 e. The zero-order chi connectivity index (χ0) is 13.8. The van der Waals surface area contributed by atoms with Gasteiger partial charge in [0.15, 0.2) is 0 Å². The maximum absolute atomic E-state index is 12.1. The van der Waals surface area contributed by atoms with E-state index in [1.807, 2.05) is 6.92 Å². The van der Waals surface area contributed by atoms with Gasteiger partial charge in [0.2, 0.25) is 5.91 Å². The third kappa shape index (κ3) is 5.07. The van der Waals surface area contributed by atoms with E-state index in [2.05, 4.69) is 19.2 Å². The predicted octanol–water partition coefficient (Wildman–Crippen LogP) is 2.57. The van der Waals surface area contributed by atoms with Gasteiger partial charge in [0.1, 0.15) is 0 Å². The second-order valence-electron chi connectivity index (χ2n) is 6.30. The lowest BCUT2D eigenvalue weighted by molar-refractivity contribution is -0.137. The third-order valence-electron chi connectivity index (χ3n) is 3.76. The molecule has 1 fully saturated rings. The topological polar surface area (TPSA) is 66.4 Å². The Labute approximate surface area is 109 Å². The van der Waals surface area contributed by atoms with Crippen LogP contribution in [0.5, 0.6) is 0 Å². The molecule has 0 aliphatic heterocycles. The van der Waals surface area contributed by atoms with Gasteiger partial charge in [0, 0.05) is 18.4 Å². The summed E-state index contributed by atoms with van der Waals surface area (Å²) in [5, 5.41) is 11.5. The van der Waals surface area contributed by atoms with Crippen molar-refractivity contribution < 1.29 is 14.7 Å². The second kappa shape index (κ2) is 6.21. The summed E-state index contributed by atoms with van der Waals surface area (Å²) in [6.45, 7) is 6.29. The number of nitrogens with one attached hydrogen (secondary N) is 1. The lowest BCUT2D eigenvalue weighted by atomic mass is 9.72. The van der Waals surface area contributed by atoms with Gasteiger partial charge in [-0.15, -0.1) is 0 Å². The Morgan fingerprint density at radius 3 is 2.67 bits per heavy atom. The molecule has 1 saturated carbocycles. The number of carbonyl (C=O) groups is 2. The average molecular weight is 255 g/mol. The highest BCUT2D eigenvalue weighted by Crippen LogP contribution is 2.38. The number of amides is 1. The Balaban J connectivity index is 2.38. The van der Waals surface area contributed by atoms with Crippen molar-refractivity contribution in [2.75, 3.05) is 0 Å². The van der Waals surface area contributed by atoms with Crippen LogP contribution in [0.15, 0.2) is 0 Å². The molecule has 2 unspecified atom stereocenters. The summed E-state index contributed by atoms with van der Waals surface area (Å²) >= 11 is 0. The summed E-state index contributed by atoms with van der Waals surface area (Å²) < 4.78 is 0. The minimum atomic E-state index is -0.810. The number of hydrogen-bond acceptors (Lipinski definition) is 2. The molecule has 4 nitrogen and oxygen atoms in total. The first-order chi connectivity index (χ1) is 8.30. The van der Waals surface area contributed by atoms with Gasteiger partial charge in [-0.1, -0.05) is 20.3 Å². The van der Waals surface area contributed by atoms with Crippen molar-refractivity contribution in [1.29, 1.82) is 0 Å². The Morgan fingerprint density at radius 2 is 2.11 bits per heavy atom. The Hall–Kier alpha value is -1.06. The quantitative estimate of drug-likeness (QED) is 0.793. The maximum Gasteiger partial charge on any atom is 0.303 e. The van der Waals surface area contributed by atoms with Crippen LogP contribution in [0.3, 0.4) is 0 Å². The predicted molar refractivity (Wildman–Crippen MR) is 70.2 cm³/mol. The molecule has 0 heterocycles. The van der Waals surface area contributed by atoms with Crippen LogP contribution in [-0.2, 0) is 9.59 Å². The highest BCUT2D eigenvalue weighted by atomic mass is 16.4. The molecule has 104 valence electrons. The van der Waals surface area contributed by atoms with Crippen LogP contribution in [0.2, 0.25) is 0 Å². The molecular formula is C14H25NO3. The van der Waals surface area contributed by atoms with E-state index in [0.717, 1.165) is 19.3 Å². The van der Waals surface area contributed by atoms with E-state index in [0.29, 0.717) is 6.42 Å². The lowest BCUT2D eigenvalue weighted by Gasteiger charge is -2.34. The number of hydrogen-bond donors (Lipinski definition) is 2. The van der Waals surface area contributed by atoms with Crippen LogP contribution in [-0.4, -0.2) is 23.0 Å². The zero-order valence-corrected chi connectivity index (χ0v) is 11.7. The van der Waals surface area contributed by atoms with Gasteiger partial charge >= 0.3 is 5.97 Å². The molecule has 0 radical (unpaired) electrons. The summed E-state index contributed by atoms with van der Waals surface area (Å²) in [7, 11) is 0. The SMILES string of the molecule is CC(CCC(=O)O)NC(=O)C1CCCC(C)(C)C1. The van der Waals surface area contributed by atoms with Crippen LogP contribution in [0.4, 0.5) is 0 Å². The summed E-state index contributed by atoms with van der Waals surface area (Å²) in [6, 6.07) is -0.0568. The van der Waals surface area contributed by atoms with Gasteiger partial charge < -0.3 is 10.4 Å². The van der Waals surface area contributed by atoms with E-state index in [9.17, 15) is 9.59 Å². The van der Waals surface area contributed by atoms with Crippen molar-refractivity contribution in [3.63, 3.8) is 0 Å². The van der Waals surface area contributed by atoms with Crippen LogP contribution >= 0.6 is 0 Å². The van der Waals surface area contributed by atoms with E-state index >= 15 is 0 Å². The molecule has 2 atom stereocenters. The van der Waals surface area contributed by atoms with Crippen molar-refractivity contribution in [1.82, 2.24) is 5.32 Å². The van der Waals surface area contributed by atoms with Gasteiger partial charge in [0.05, 0.1) is 0 Å². The molecule has 0 saturated heterocycles. The normalized spacial score (nSPS) is 24.3. The molecule has 1 amide bonds. The molecule has 0 aromatic heterocycles. The Bertz CT molecular complexity index is 312. The highest BCUT2D eigenvalue weighted by molar-refractivity contribution is 5.79. The maximum atomic E-state index is 12.1. The molecule has 18 heavy (non-hydrogen) atoms. The lowest BCUT2D eigenvalue weighted by Crippen LogP contribution is -2.40. The van der Waals surface area contributed by atoms with Gasteiger partial charge in [0.25, 0.3) is 0 Å². The minimum Gasteiger partial charge on any atom is -0.481 e. The number of carbonyl (C=O) groups excluding carboxylic acids is 1. The molecule has 0 aromatic rings. The van der Waals surface area contributed by atoms with Crippen molar-refractivity contribution in [3.05, 3.63) is 0 Å². The molecule has 1 aliphatic carbocycles. The first-order valence-electron chi connectivity index (χ1n) is 6.82. The second-order valence-corrected chi connectivity index (χ2v) is 6.30. The monoisotopic (exact) mass is 255 g/mol. The standard InChI is InChI=1S/C14H25NO3/c1-10(6-7-12(16)17)15-13(18)11-5-4-8-14(2,3)9-11/h10-11H,4-9H2,1-3H3,(H,15,18)(H,16,17). The first kappa shape index (κ1) is 15.0. The molecule has 2 N–H and O–H groups in total. The van der Waals surface area contributed by atoms with Crippen LogP contribution in [0.1, 0.15) is 59.3 Å². The Morgan fingerprint density at radius 1 is 1.44 bits per heavy atom. The van der Waals surface area contributed by atoms with E-state index < -0.39 is 5.97 Å². The van der Waals surface area contributed by atoms with Gasteiger partial charge in [-0.25, -0.2) is 0 Å². The van der Waals surface area contributed by atoms with E-state index in [1.165, 1.54) is 6.42 Å². The van der Waals surface area contributed by atoms with Crippen LogP contribution in [0.25, 0.3) is 0 Å². The fourth-order valence-electron chi connectivity index (χ4n) is 2.69.